The first-order valence-electron chi connectivity index (χ1n) is 4.20. The van der Waals surface area contributed by atoms with Crippen LogP contribution in [-0.4, -0.2) is 15.0 Å². The van der Waals surface area contributed by atoms with Crippen molar-refractivity contribution < 1.29 is 8.42 Å². The van der Waals surface area contributed by atoms with Crippen molar-refractivity contribution in [2.75, 3.05) is 6.54 Å². The van der Waals surface area contributed by atoms with Gasteiger partial charge in [0.25, 0.3) is 0 Å². The number of nitriles is 1. The number of halogens is 1. The monoisotopic (exact) mass is 288 g/mol. The summed E-state index contributed by atoms with van der Waals surface area (Å²) in [4.78, 5) is 0.101. The minimum atomic E-state index is -3.48. The van der Waals surface area contributed by atoms with Crippen LogP contribution in [0.5, 0.6) is 0 Å². The normalized spacial score (nSPS) is 11.0. The van der Waals surface area contributed by atoms with Gasteiger partial charge in [0.05, 0.1) is 10.5 Å². The number of hydrogen-bond donors (Lipinski definition) is 1. The molecule has 1 N–H and O–H groups in total. The summed E-state index contributed by atoms with van der Waals surface area (Å²) in [6.45, 7) is 2.02. The molecule has 0 heterocycles. The molecule has 0 unspecified atom stereocenters. The van der Waals surface area contributed by atoms with Crippen molar-refractivity contribution in [3.8, 4) is 6.07 Å². The topological polar surface area (TPSA) is 70.0 Å². The minimum absolute atomic E-state index is 0.101. The summed E-state index contributed by atoms with van der Waals surface area (Å²) in [5.74, 6) is 0. The second kappa shape index (κ2) is 4.75. The van der Waals surface area contributed by atoms with Crippen LogP contribution in [0.2, 0.25) is 0 Å². The van der Waals surface area contributed by atoms with Gasteiger partial charge in [0.2, 0.25) is 10.0 Å². The number of hydrogen-bond acceptors (Lipinski definition) is 3. The van der Waals surface area contributed by atoms with Gasteiger partial charge in [-0.1, -0.05) is 6.92 Å². The molecular formula is C9H9BrN2O2S. The van der Waals surface area contributed by atoms with E-state index in [0.29, 0.717) is 16.6 Å². The molecule has 4 nitrogen and oxygen atoms in total. The lowest BCUT2D eigenvalue weighted by Gasteiger charge is -2.05. The summed E-state index contributed by atoms with van der Waals surface area (Å²) in [7, 11) is -3.48. The molecule has 80 valence electrons. The average Bonchev–Trinajstić information content (AvgIpc) is 2.18. The predicted molar refractivity (Wildman–Crippen MR) is 59.7 cm³/mol. The van der Waals surface area contributed by atoms with Gasteiger partial charge in [0.15, 0.2) is 0 Å². The molecule has 0 amide bonds. The third-order valence-corrected chi connectivity index (χ3v) is 3.94. The molecule has 0 aliphatic rings. The highest BCUT2D eigenvalue weighted by molar-refractivity contribution is 9.10. The van der Waals surface area contributed by atoms with Crippen molar-refractivity contribution in [2.24, 2.45) is 0 Å². The van der Waals surface area contributed by atoms with Gasteiger partial charge in [-0.2, -0.15) is 5.26 Å². The largest absolute Gasteiger partial charge is 0.240 e. The minimum Gasteiger partial charge on any atom is -0.211 e. The second-order valence-electron chi connectivity index (χ2n) is 2.75. The molecule has 0 radical (unpaired) electrons. The first kappa shape index (κ1) is 12.2. The molecule has 0 bridgehead atoms. The van der Waals surface area contributed by atoms with Crippen LogP contribution in [0, 0.1) is 11.3 Å². The van der Waals surface area contributed by atoms with Gasteiger partial charge in [-0.05, 0) is 34.1 Å². The molecule has 0 spiro atoms. The lowest BCUT2D eigenvalue weighted by Crippen LogP contribution is -2.23. The van der Waals surface area contributed by atoms with E-state index in [2.05, 4.69) is 20.7 Å². The van der Waals surface area contributed by atoms with Crippen molar-refractivity contribution in [3.63, 3.8) is 0 Å². The third-order valence-electron chi connectivity index (χ3n) is 1.70. The van der Waals surface area contributed by atoms with E-state index in [1.165, 1.54) is 12.1 Å². The molecule has 0 aromatic heterocycles. The summed E-state index contributed by atoms with van der Waals surface area (Å²) in [5.41, 5.74) is 0.300. The molecule has 0 fully saturated rings. The van der Waals surface area contributed by atoms with E-state index in [1.54, 1.807) is 13.0 Å². The number of benzene rings is 1. The van der Waals surface area contributed by atoms with Crippen molar-refractivity contribution in [1.82, 2.24) is 4.72 Å². The summed E-state index contributed by atoms with van der Waals surface area (Å²) >= 11 is 3.16. The second-order valence-corrected chi connectivity index (χ2v) is 5.38. The number of sulfonamides is 1. The summed E-state index contributed by atoms with van der Waals surface area (Å²) in [6.07, 6.45) is 0. The molecule has 0 aliphatic carbocycles. The molecule has 0 saturated heterocycles. The van der Waals surface area contributed by atoms with Crippen molar-refractivity contribution in [1.29, 1.82) is 5.26 Å². The maximum atomic E-state index is 11.6. The van der Waals surface area contributed by atoms with Crippen LogP contribution >= 0.6 is 15.9 Å². The van der Waals surface area contributed by atoms with Gasteiger partial charge in [-0.15, -0.1) is 0 Å². The number of rotatable bonds is 3. The van der Waals surface area contributed by atoms with E-state index >= 15 is 0 Å². The Bertz CT molecular complexity index is 505. The summed E-state index contributed by atoms with van der Waals surface area (Å²) in [6, 6.07) is 6.24. The SMILES string of the molecule is CCNS(=O)(=O)c1ccc(Br)c(C#N)c1. The molecule has 15 heavy (non-hydrogen) atoms. The molecule has 1 rings (SSSR count). The highest BCUT2D eigenvalue weighted by atomic mass is 79.9. The van der Waals surface area contributed by atoms with E-state index in [1.807, 2.05) is 6.07 Å². The van der Waals surface area contributed by atoms with Crippen LogP contribution in [0.3, 0.4) is 0 Å². The molecule has 0 aliphatic heterocycles. The first-order valence-corrected chi connectivity index (χ1v) is 6.48. The van der Waals surface area contributed by atoms with Gasteiger partial charge in [-0.25, -0.2) is 13.1 Å². The Morgan fingerprint density at radius 1 is 1.53 bits per heavy atom. The Morgan fingerprint density at radius 3 is 2.73 bits per heavy atom. The summed E-state index contributed by atoms with van der Waals surface area (Å²) in [5, 5.41) is 8.74. The van der Waals surface area contributed by atoms with Crippen molar-refractivity contribution in [3.05, 3.63) is 28.2 Å². The van der Waals surface area contributed by atoms with Crippen LogP contribution in [0.15, 0.2) is 27.6 Å². The number of nitrogens with zero attached hydrogens (tertiary/aromatic N) is 1. The van der Waals surface area contributed by atoms with Crippen molar-refractivity contribution >= 4 is 26.0 Å². The third kappa shape index (κ3) is 2.78. The van der Waals surface area contributed by atoms with Crippen LogP contribution in [-0.2, 0) is 10.0 Å². The molecule has 0 atom stereocenters. The Morgan fingerprint density at radius 2 is 2.20 bits per heavy atom. The van der Waals surface area contributed by atoms with Crippen LogP contribution in [0.1, 0.15) is 12.5 Å². The van der Waals surface area contributed by atoms with E-state index in [0.717, 1.165) is 0 Å². The van der Waals surface area contributed by atoms with Gasteiger partial charge in [0.1, 0.15) is 6.07 Å². The average molecular weight is 289 g/mol. The zero-order valence-corrected chi connectivity index (χ0v) is 10.4. The smallest absolute Gasteiger partial charge is 0.211 e. The Labute approximate surface area is 97.1 Å². The maximum absolute atomic E-state index is 11.6. The van der Waals surface area contributed by atoms with Gasteiger partial charge >= 0.3 is 0 Å². The van der Waals surface area contributed by atoms with Crippen LogP contribution in [0.25, 0.3) is 0 Å². The van der Waals surface area contributed by atoms with Gasteiger partial charge in [0, 0.05) is 11.0 Å². The zero-order chi connectivity index (χ0) is 11.5. The fraction of sp³-hybridized carbons (Fsp3) is 0.222. The van der Waals surface area contributed by atoms with Gasteiger partial charge in [-0.3, -0.25) is 0 Å². The standard InChI is InChI=1S/C9H9BrN2O2S/c1-2-12-15(13,14)8-3-4-9(10)7(5-8)6-11/h3-5,12H,2H2,1H3. The molecular weight excluding hydrogens is 280 g/mol. The number of nitrogens with one attached hydrogen (secondary N) is 1. The fourth-order valence-electron chi connectivity index (χ4n) is 1.03. The molecule has 1 aromatic rings. The van der Waals surface area contributed by atoms with Crippen LogP contribution in [0.4, 0.5) is 0 Å². The Kier molecular flexibility index (Phi) is 3.85. The van der Waals surface area contributed by atoms with E-state index in [9.17, 15) is 8.42 Å². The lowest BCUT2D eigenvalue weighted by molar-refractivity contribution is 0.584. The first-order chi connectivity index (χ1) is 7.01. The fourth-order valence-corrected chi connectivity index (χ4v) is 2.43. The summed E-state index contributed by atoms with van der Waals surface area (Å²) < 4.78 is 26.1. The highest BCUT2D eigenvalue weighted by Crippen LogP contribution is 2.19. The molecule has 1 aromatic carbocycles. The highest BCUT2D eigenvalue weighted by Gasteiger charge is 2.13. The van der Waals surface area contributed by atoms with E-state index in [-0.39, 0.29) is 4.90 Å². The Balaban J connectivity index is 3.24. The quantitative estimate of drug-likeness (QED) is 0.919. The van der Waals surface area contributed by atoms with E-state index < -0.39 is 10.0 Å². The maximum Gasteiger partial charge on any atom is 0.240 e. The zero-order valence-electron chi connectivity index (χ0n) is 7.99. The molecule has 6 heteroatoms. The predicted octanol–water partition coefficient (Wildman–Crippen LogP) is 1.62. The van der Waals surface area contributed by atoms with Gasteiger partial charge < -0.3 is 0 Å². The van der Waals surface area contributed by atoms with Crippen LogP contribution < -0.4 is 4.72 Å². The Hall–Kier alpha value is -0.900. The lowest BCUT2D eigenvalue weighted by atomic mass is 10.2. The van der Waals surface area contributed by atoms with Crippen molar-refractivity contribution in [2.45, 2.75) is 11.8 Å². The molecule has 0 saturated carbocycles. The van der Waals surface area contributed by atoms with E-state index in [4.69, 9.17) is 5.26 Å².